The van der Waals surface area contributed by atoms with Crippen molar-refractivity contribution in [2.75, 3.05) is 13.2 Å². The maximum absolute atomic E-state index is 14.2. The summed E-state index contributed by atoms with van der Waals surface area (Å²) in [5.41, 5.74) is 3.07. The van der Waals surface area contributed by atoms with Crippen LogP contribution in [0.5, 0.6) is 5.75 Å². The highest BCUT2D eigenvalue weighted by atomic mass is 19.2. The molecule has 1 aliphatic carbocycles. The lowest BCUT2D eigenvalue weighted by Crippen LogP contribution is -2.44. The average Bonchev–Trinajstić information content (AvgIpc) is 3.32. The van der Waals surface area contributed by atoms with Crippen LogP contribution in [0.15, 0.2) is 48.5 Å². The summed E-state index contributed by atoms with van der Waals surface area (Å²) in [6.45, 7) is 5.03. The maximum Gasteiger partial charge on any atom is 0.407 e. The fourth-order valence-corrected chi connectivity index (χ4v) is 4.86. The molecule has 0 bridgehead atoms. The molecule has 1 aliphatic rings. The summed E-state index contributed by atoms with van der Waals surface area (Å²) in [7, 11) is 0. The third-order valence-electron chi connectivity index (χ3n) is 6.88. The van der Waals surface area contributed by atoms with Crippen LogP contribution < -0.4 is 15.4 Å². The summed E-state index contributed by atoms with van der Waals surface area (Å²) < 4.78 is 84.4. The van der Waals surface area contributed by atoms with E-state index in [0.29, 0.717) is 0 Å². The highest BCUT2D eigenvalue weighted by Crippen LogP contribution is 2.44. The van der Waals surface area contributed by atoms with Gasteiger partial charge in [-0.15, -0.1) is 0 Å². The predicted octanol–water partition coefficient (Wildman–Crippen LogP) is 6.89. The second kappa shape index (κ2) is 14.0. The van der Waals surface area contributed by atoms with E-state index in [2.05, 4.69) is 15.4 Å². The zero-order valence-corrected chi connectivity index (χ0v) is 24.6. The molecule has 1 atom stereocenters. The minimum Gasteiger partial charge on any atom is -0.449 e. The molecule has 0 heterocycles. The molecule has 8 nitrogen and oxygen atoms in total. The number of amides is 2. The van der Waals surface area contributed by atoms with E-state index in [-0.39, 0.29) is 38.3 Å². The van der Waals surface area contributed by atoms with Gasteiger partial charge in [0.25, 0.3) is 0 Å². The van der Waals surface area contributed by atoms with Gasteiger partial charge >= 0.3 is 18.2 Å². The van der Waals surface area contributed by atoms with E-state index < -0.39 is 64.6 Å². The van der Waals surface area contributed by atoms with E-state index in [1.54, 1.807) is 20.8 Å². The van der Waals surface area contributed by atoms with E-state index in [1.807, 2.05) is 48.5 Å². The minimum absolute atomic E-state index is 0.110. The number of alkyl carbamates (subject to hydrolysis) is 2. The average molecular weight is 635 g/mol. The molecule has 0 saturated carbocycles. The molecule has 13 heteroatoms. The molecule has 1 unspecified atom stereocenters. The van der Waals surface area contributed by atoms with Crippen molar-refractivity contribution in [2.24, 2.45) is 0 Å². The summed E-state index contributed by atoms with van der Waals surface area (Å²) in [5.74, 6) is -15.3. The minimum atomic E-state index is -2.42. The van der Waals surface area contributed by atoms with Crippen LogP contribution in [-0.2, 0) is 14.3 Å². The van der Waals surface area contributed by atoms with E-state index in [9.17, 15) is 36.3 Å². The third-order valence-corrected chi connectivity index (χ3v) is 6.88. The molecule has 0 fully saturated rings. The second-order valence-corrected chi connectivity index (χ2v) is 11.3. The van der Waals surface area contributed by atoms with Gasteiger partial charge in [0.2, 0.25) is 34.8 Å². The number of halogens is 5. The largest absolute Gasteiger partial charge is 0.449 e. The number of nitrogens with one attached hydrogen (secondary N) is 2. The first kappa shape index (κ1) is 33.2. The Morgan fingerprint density at radius 1 is 0.778 bits per heavy atom. The molecule has 3 aromatic rings. The number of unbranched alkanes of at least 4 members (excludes halogenated alkanes) is 1. The Labute approximate surface area is 255 Å². The van der Waals surface area contributed by atoms with Crippen molar-refractivity contribution in [1.29, 1.82) is 0 Å². The first-order chi connectivity index (χ1) is 21.3. The molecule has 0 aromatic heterocycles. The van der Waals surface area contributed by atoms with Gasteiger partial charge in [0, 0.05) is 12.5 Å². The predicted molar refractivity (Wildman–Crippen MR) is 152 cm³/mol. The number of carbonyl (C=O) groups is 3. The molecule has 0 aliphatic heterocycles. The monoisotopic (exact) mass is 634 g/mol. The molecule has 240 valence electrons. The lowest BCUT2D eigenvalue weighted by Gasteiger charge is -2.20. The second-order valence-electron chi connectivity index (χ2n) is 11.3. The van der Waals surface area contributed by atoms with Gasteiger partial charge in [0.15, 0.2) is 0 Å². The SMILES string of the molecule is CC(C)(C)OC(=O)NCCCCC(NC(=O)OCC1c2ccccc2-c2ccccc21)C(=O)Oc1c(F)c(F)c(F)c(F)c1F. The van der Waals surface area contributed by atoms with Gasteiger partial charge in [-0.25, -0.2) is 27.6 Å². The highest BCUT2D eigenvalue weighted by Gasteiger charge is 2.33. The number of carbonyl (C=O) groups excluding carboxylic acids is 3. The number of hydrogen-bond donors (Lipinski definition) is 2. The van der Waals surface area contributed by atoms with E-state index in [1.165, 1.54) is 0 Å². The number of fused-ring (bicyclic) bond motifs is 3. The van der Waals surface area contributed by atoms with Gasteiger partial charge in [-0.1, -0.05) is 48.5 Å². The molecule has 2 N–H and O–H groups in total. The molecule has 0 spiro atoms. The fourth-order valence-electron chi connectivity index (χ4n) is 4.86. The smallest absolute Gasteiger partial charge is 0.407 e. The normalized spacial score (nSPS) is 13.0. The Hall–Kier alpha value is -4.68. The van der Waals surface area contributed by atoms with Crippen LogP contribution in [0.25, 0.3) is 11.1 Å². The van der Waals surface area contributed by atoms with Gasteiger partial charge in [0.1, 0.15) is 18.2 Å². The maximum atomic E-state index is 14.2. The van der Waals surface area contributed by atoms with Crippen LogP contribution in [-0.4, -0.2) is 43.0 Å². The van der Waals surface area contributed by atoms with Crippen molar-refractivity contribution in [3.63, 3.8) is 0 Å². The van der Waals surface area contributed by atoms with Gasteiger partial charge in [-0.05, 0) is 62.3 Å². The van der Waals surface area contributed by atoms with Crippen LogP contribution in [0.2, 0.25) is 0 Å². The Morgan fingerprint density at radius 3 is 1.87 bits per heavy atom. The summed E-state index contributed by atoms with van der Waals surface area (Å²) in [6, 6.07) is 13.5. The Morgan fingerprint density at radius 2 is 1.31 bits per heavy atom. The van der Waals surface area contributed by atoms with Crippen LogP contribution >= 0.6 is 0 Å². The van der Waals surface area contributed by atoms with Crippen LogP contribution in [0.1, 0.15) is 57.1 Å². The first-order valence-corrected chi connectivity index (χ1v) is 14.1. The summed E-state index contributed by atoms with van der Waals surface area (Å²) in [6.07, 6.45) is -1.55. The summed E-state index contributed by atoms with van der Waals surface area (Å²) >= 11 is 0. The zero-order chi connectivity index (χ0) is 32.9. The third kappa shape index (κ3) is 7.89. The number of benzene rings is 3. The number of rotatable bonds is 10. The first-order valence-electron chi connectivity index (χ1n) is 14.1. The van der Waals surface area contributed by atoms with Crippen molar-refractivity contribution in [3.05, 3.63) is 88.7 Å². The fraction of sp³-hybridized carbons (Fsp3) is 0.344. The molecule has 0 radical (unpaired) electrons. The highest BCUT2D eigenvalue weighted by molar-refractivity contribution is 5.83. The van der Waals surface area contributed by atoms with Crippen LogP contribution in [0.3, 0.4) is 0 Å². The van der Waals surface area contributed by atoms with E-state index in [0.717, 1.165) is 22.3 Å². The van der Waals surface area contributed by atoms with Crippen molar-refractivity contribution in [1.82, 2.24) is 10.6 Å². The Balaban J connectivity index is 1.44. The van der Waals surface area contributed by atoms with Gasteiger partial charge in [-0.2, -0.15) is 8.78 Å². The Kier molecular flexibility index (Phi) is 10.3. The standard InChI is InChI=1S/C32H31F5N2O6/c1-32(2,3)45-30(41)38-15-9-8-14-22(29(40)44-28-26(36)24(34)23(33)25(35)27(28)37)39-31(42)43-16-21-19-12-6-4-10-17(19)18-11-5-7-13-20(18)21/h4-7,10-13,21-22H,8-9,14-16H2,1-3H3,(H,38,41)(H,39,42). The van der Waals surface area contributed by atoms with E-state index in [4.69, 9.17) is 9.47 Å². The van der Waals surface area contributed by atoms with Gasteiger partial charge in [-0.3, -0.25) is 0 Å². The number of ether oxygens (including phenoxy) is 3. The van der Waals surface area contributed by atoms with Crippen LogP contribution in [0.4, 0.5) is 31.5 Å². The summed E-state index contributed by atoms with van der Waals surface area (Å²) in [4.78, 5) is 37.6. The quantitative estimate of drug-likeness (QED) is 0.0629. The van der Waals surface area contributed by atoms with Crippen molar-refractivity contribution in [2.45, 2.75) is 57.6 Å². The molecule has 2 amide bonds. The lowest BCUT2D eigenvalue weighted by atomic mass is 9.98. The molecule has 4 rings (SSSR count). The molecule has 0 saturated heterocycles. The van der Waals surface area contributed by atoms with Crippen molar-refractivity contribution < 1.29 is 50.5 Å². The molecule has 45 heavy (non-hydrogen) atoms. The zero-order valence-electron chi connectivity index (χ0n) is 24.6. The van der Waals surface area contributed by atoms with Crippen molar-refractivity contribution in [3.8, 4) is 16.9 Å². The molecular formula is C32H31F5N2O6. The number of esters is 1. The molecular weight excluding hydrogens is 603 g/mol. The molecule has 3 aromatic carbocycles. The van der Waals surface area contributed by atoms with Gasteiger partial charge in [0.05, 0.1) is 0 Å². The van der Waals surface area contributed by atoms with Crippen LogP contribution in [0, 0.1) is 29.1 Å². The van der Waals surface area contributed by atoms with Crippen molar-refractivity contribution >= 4 is 18.2 Å². The number of hydrogen-bond acceptors (Lipinski definition) is 6. The van der Waals surface area contributed by atoms with E-state index >= 15 is 0 Å². The lowest BCUT2D eigenvalue weighted by molar-refractivity contribution is -0.137. The van der Waals surface area contributed by atoms with Gasteiger partial charge < -0.3 is 24.8 Å². The topological polar surface area (TPSA) is 103 Å². The Bertz CT molecular complexity index is 1520. The summed E-state index contributed by atoms with van der Waals surface area (Å²) in [5, 5.41) is 4.78.